The Morgan fingerprint density at radius 1 is 1.25 bits per heavy atom. The van der Waals surface area contributed by atoms with E-state index in [-0.39, 0.29) is 0 Å². The van der Waals surface area contributed by atoms with Gasteiger partial charge in [0, 0.05) is 23.5 Å². The summed E-state index contributed by atoms with van der Waals surface area (Å²) >= 11 is 0. The number of hydrogen-bond donors (Lipinski definition) is 1. The van der Waals surface area contributed by atoms with Crippen LogP contribution in [-0.2, 0) is 6.54 Å². The fourth-order valence-electron chi connectivity index (χ4n) is 3.79. The number of nitrogens with one attached hydrogen (secondary N) is 1. The van der Waals surface area contributed by atoms with Crippen LogP contribution in [0.3, 0.4) is 0 Å². The zero-order chi connectivity index (χ0) is 14.1. The normalized spacial score (nSPS) is 26.4. The van der Waals surface area contributed by atoms with Crippen molar-refractivity contribution in [3.63, 3.8) is 0 Å². The van der Waals surface area contributed by atoms with Gasteiger partial charge in [-0.2, -0.15) is 0 Å². The lowest BCUT2D eigenvalue weighted by molar-refractivity contribution is 0.344. The van der Waals surface area contributed by atoms with Gasteiger partial charge in [-0.1, -0.05) is 38.5 Å². The number of benzene rings is 1. The summed E-state index contributed by atoms with van der Waals surface area (Å²) in [5, 5.41) is 5.03. The molecule has 1 aliphatic carbocycles. The van der Waals surface area contributed by atoms with Crippen LogP contribution < -0.4 is 5.32 Å². The standard InChI is InChI=1S/C18H25NO/c1-4-14-9-10-17(12(14)2)19-11-16-13(3)20-18-8-6-5-7-15(16)18/h5-8,12,14,17,19H,4,9-11H2,1-3H3. The zero-order valence-electron chi connectivity index (χ0n) is 12.8. The molecule has 1 heterocycles. The molecule has 0 amide bonds. The monoisotopic (exact) mass is 271 g/mol. The number of hydrogen-bond acceptors (Lipinski definition) is 2. The SMILES string of the molecule is CCC1CCC(NCc2c(C)oc3ccccc23)C1C. The smallest absolute Gasteiger partial charge is 0.134 e. The minimum Gasteiger partial charge on any atom is -0.461 e. The third-order valence-corrected chi connectivity index (χ3v) is 5.19. The van der Waals surface area contributed by atoms with Gasteiger partial charge in [0.15, 0.2) is 0 Å². The third kappa shape index (κ3) is 2.37. The van der Waals surface area contributed by atoms with Crippen molar-refractivity contribution in [3.05, 3.63) is 35.6 Å². The van der Waals surface area contributed by atoms with Gasteiger partial charge in [0.2, 0.25) is 0 Å². The Hall–Kier alpha value is -1.28. The van der Waals surface area contributed by atoms with Crippen molar-refractivity contribution in [2.24, 2.45) is 11.8 Å². The van der Waals surface area contributed by atoms with Crippen LogP contribution in [-0.4, -0.2) is 6.04 Å². The first-order valence-electron chi connectivity index (χ1n) is 7.91. The molecule has 0 aliphatic heterocycles. The summed E-state index contributed by atoms with van der Waals surface area (Å²) < 4.78 is 5.84. The highest BCUT2D eigenvalue weighted by atomic mass is 16.3. The molecule has 3 unspecified atom stereocenters. The minimum atomic E-state index is 0.660. The lowest BCUT2D eigenvalue weighted by Gasteiger charge is -2.21. The van der Waals surface area contributed by atoms with Crippen LogP contribution in [0.5, 0.6) is 0 Å². The van der Waals surface area contributed by atoms with Crippen LogP contribution in [0, 0.1) is 18.8 Å². The van der Waals surface area contributed by atoms with Gasteiger partial charge in [0.25, 0.3) is 0 Å². The number of furan rings is 1. The van der Waals surface area contributed by atoms with Crippen LogP contribution in [0.2, 0.25) is 0 Å². The maximum atomic E-state index is 5.84. The van der Waals surface area contributed by atoms with Crippen molar-refractivity contribution in [3.8, 4) is 0 Å². The Kier molecular flexibility index (Phi) is 3.84. The van der Waals surface area contributed by atoms with Crippen LogP contribution >= 0.6 is 0 Å². The lowest BCUT2D eigenvalue weighted by Crippen LogP contribution is -2.32. The summed E-state index contributed by atoms with van der Waals surface area (Å²) in [6, 6.07) is 9.00. The molecule has 20 heavy (non-hydrogen) atoms. The maximum absolute atomic E-state index is 5.84. The van der Waals surface area contributed by atoms with Gasteiger partial charge in [0.05, 0.1) is 0 Å². The predicted molar refractivity (Wildman–Crippen MR) is 83.8 cm³/mol. The molecule has 2 heteroatoms. The Morgan fingerprint density at radius 3 is 2.80 bits per heavy atom. The first-order valence-corrected chi connectivity index (χ1v) is 7.91. The molecule has 1 saturated carbocycles. The fraction of sp³-hybridized carbons (Fsp3) is 0.556. The van der Waals surface area contributed by atoms with Gasteiger partial charge in [-0.25, -0.2) is 0 Å². The van der Waals surface area contributed by atoms with E-state index in [1.165, 1.54) is 30.2 Å². The first-order chi connectivity index (χ1) is 9.70. The Bertz CT molecular complexity index is 586. The summed E-state index contributed by atoms with van der Waals surface area (Å²) in [5.41, 5.74) is 2.33. The van der Waals surface area contributed by atoms with Crippen molar-refractivity contribution < 1.29 is 4.42 Å². The third-order valence-electron chi connectivity index (χ3n) is 5.19. The van der Waals surface area contributed by atoms with E-state index in [1.54, 1.807) is 0 Å². The van der Waals surface area contributed by atoms with Crippen LogP contribution in [0.25, 0.3) is 11.0 Å². The average molecular weight is 271 g/mol. The highest BCUT2D eigenvalue weighted by Gasteiger charge is 2.31. The van der Waals surface area contributed by atoms with Crippen LogP contribution in [0.4, 0.5) is 0 Å². The van der Waals surface area contributed by atoms with Crippen molar-refractivity contribution >= 4 is 11.0 Å². The van der Waals surface area contributed by atoms with Crippen molar-refractivity contribution in [2.75, 3.05) is 0 Å². The van der Waals surface area contributed by atoms with E-state index in [2.05, 4.69) is 44.3 Å². The van der Waals surface area contributed by atoms with E-state index in [0.29, 0.717) is 6.04 Å². The highest BCUT2D eigenvalue weighted by molar-refractivity contribution is 5.82. The molecule has 1 aromatic carbocycles. The topological polar surface area (TPSA) is 25.2 Å². The number of aryl methyl sites for hydroxylation is 1. The van der Waals surface area contributed by atoms with Gasteiger partial charge in [-0.15, -0.1) is 0 Å². The van der Waals surface area contributed by atoms with E-state index < -0.39 is 0 Å². The number of rotatable bonds is 4. The van der Waals surface area contributed by atoms with Crippen LogP contribution in [0.1, 0.15) is 44.4 Å². The lowest BCUT2D eigenvalue weighted by atomic mass is 9.93. The molecule has 1 aromatic heterocycles. The van der Waals surface area contributed by atoms with E-state index >= 15 is 0 Å². The molecule has 0 saturated heterocycles. The van der Waals surface area contributed by atoms with Gasteiger partial charge >= 0.3 is 0 Å². The van der Waals surface area contributed by atoms with Crippen molar-refractivity contribution in [1.29, 1.82) is 0 Å². The molecule has 2 aromatic rings. The average Bonchev–Trinajstić information content (AvgIpc) is 2.96. The first kappa shape index (κ1) is 13.7. The number of fused-ring (bicyclic) bond motifs is 1. The number of para-hydroxylation sites is 1. The molecule has 2 nitrogen and oxygen atoms in total. The molecule has 0 radical (unpaired) electrons. The zero-order valence-corrected chi connectivity index (χ0v) is 12.8. The van der Waals surface area contributed by atoms with Gasteiger partial charge in [-0.05, 0) is 37.7 Å². The van der Waals surface area contributed by atoms with Gasteiger partial charge < -0.3 is 9.73 Å². The van der Waals surface area contributed by atoms with Gasteiger partial charge in [0.1, 0.15) is 11.3 Å². The Balaban J connectivity index is 1.73. The fourth-order valence-corrected chi connectivity index (χ4v) is 3.79. The second-order valence-corrected chi connectivity index (χ2v) is 6.23. The van der Waals surface area contributed by atoms with E-state index in [9.17, 15) is 0 Å². The minimum absolute atomic E-state index is 0.660. The Morgan fingerprint density at radius 2 is 2.05 bits per heavy atom. The second kappa shape index (κ2) is 5.61. The molecule has 3 atom stereocenters. The van der Waals surface area contributed by atoms with Crippen LogP contribution in [0.15, 0.2) is 28.7 Å². The predicted octanol–water partition coefficient (Wildman–Crippen LogP) is 4.66. The molecule has 1 aliphatic rings. The molecule has 0 bridgehead atoms. The maximum Gasteiger partial charge on any atom is 0.134 e. The molecule has 108 valence electrons. The highest BCUT2D eigenvalue weighted by Crippen LogP contribution is 2.34. The summed E-state index contributed by atoms with van der Waals surface area (Å²) in [4.78, 5) is 0. The Labute approximate surface area is 121 Å². The van der Waals surface area contributed by atoms with Crippen molar-refractivity contribution in [2.45, 2.75) is 52.6 Å². The molecule has 3 rings (SSSR count). The quantitative estimate of drug-likeness (QED) is 0.875. The summed E-state index contributed by atoms with van der Waals surface area (Å²) in [7, 11) is 0. The van der Waals surface area contributed by atoms with E-state index in [1.807, 2.05) is 6.07 Å². The molecule has 1 N–H and O–H groups in total. The molecular weight excluding hydrogens is 246 g/mol. The van der Waals surface area contributed by atoms with Gasteiger partial charge in [-0.3, -0.25) is 0 Å². The van der Waals surface area contributed by atoms with E-state index in [4.69, 9.17) is 4.42 Å². The second-order valence-electron chi connectivity index (χ2n) is 6.23. The summed E-state index contributed by atoms with van der Waals surface area (Å²) in [5.74, 6) is 2.74. The summed E-state index contributed by atoms with van der Waals surface area (Å²) in [6.07, 6.45) is 4.00. The molecule has 1 fully saturated rings. The van der Waals surface area contributed by atoms with E-state index in [0.717, 1.165) is 29.7 Å². The molecular formula is C18H25NO. The molecule has 0 spiro atoms. The van der Waals surface area contributed by atoms with Crippen molar-refractivity contribution in [1.82, 2.24) is 5.32 Å². The largest absolute Gasteiger partial charge is 0.461 e. The summed E-state index contributed by atoms with van der Waals surface area (Å²) in [6.45, 7) is 7.72.